The van der Waals surface area contributed by atoms with Crippen molar-refractivity contribution in [2.75, 3.05) is 11.9 Å². The van der Waals surface area contributed by atoms with Gasteiger partial charge in [-0.15, -0.1) is 0 Å². The third kappa shape index (κ3) is 5.06. The average Bonchev–Trinajstić information content (AvgIpc) is 3.35. The van der Waals surface area contributed by atoms with Gasteiger partial charge in [0.15, 0.2) is 0 Å². The summed E-state index contributed by atoms with van der Waals surface area (Å²) >= 11 is 0. The standard InChI is InChI=1S/C32H49N3O5/c1-10-19(2)22(17-36)35-25(27(38)34-30(7,8)18-29(4,5)6)32-16-20(3)31(9,40-32)23(24(32)28(35)39)26(37)33-21-14-12-11-13-15-21/h11-15,19-20,22-25,36H,10,16-18H2,1-9H3,(H,33,37)(H,34,38)/t19-,20?,22-,23-,24-,25?,31+,32?/m0/s1. The molecule has 222 valence electrons. The Labute approximate surface area is 239 Å². The summed E-state index contributed by atoms with van der Waals surface area (Å²) in [5.74, 6) is -2.55. The van der Waals surface area contributed by atoms with Gasteiger partial charge in [0, 0.05) is 11.2 Å². The van der Waals surface area contributed by atoms with Gasteiger partial charge in [-0.25, -0.2) is 0 Å². The molecule has 3 N–H and O–H groups in total. The van der Waals surface area contributed by atoms with E-state index in [9.17, 15) is 19.5 Å². The SMILES string of the molecule is CC[C@H](C)[C@H](CO)N1C(=O)[C@@H]2[C@@H](C(=O)Nc3ccccc3)[C@]3(C)OC2(CC3C)C1C(=O)NC(C)(C)CC(C)(C)C. The predicted octanol–water partition coefficient (Wildman–Crippen LogP) is 4.37. The molecule has 0 aliphatic carbocycles. The molecule has 0 radical (unpaired) electrons. The Balaban J connectivity index is 1.79. The topological polar surface area (TPSA) is 108 Å². The lowest BCUT2D eigenvalue weighted by Gasteiger charge is -2.41. The first kappa shape index (κ1) is 30.5. The maximum atomic E-state index is 14.5. The molecule has 4 rings (SSSR count). The quantitative estimate of drug-likeness (QED) is 0.419. The summed E-state index contributed by atoms with van der Waals surface area (Å²) in [5, 5.41) is 16.8. The summed E-state index contributed by atoms with van der Waals surface area (Å²) in [5.41, 5.74) is -1.99. The van der Waals surface area contributed by atoms with Crippen LogP contribution in [-0.4, -0.2) is 63.2 Å². The number of aliphatic hydroxyl groups excluding tert-OH is 1. The zero-order valence-corrected chi connectivity index (χ0v) is 25.7. The number of amides is 3. The van der Waals surface area contributed by atoms with Gasteiger partial charge >= 0.3 is 0 Å². The number of fused-ring (bicyclic) bond motifs is 1. The number of para-hydroxylation sites is 1. The average molecular weight is 556 g/mol. The molecule has 3 fully saturated rings. The van der Waals surface area contributed by atoms with Crippen LogP contribution >= 0.6 is 0 Å². The van der Waals surface area contributed by atoms with Crippen molar-refractivity contribution in [1.82, 2.24) is 10.2 Å². The first-order valence-electron chi connectivity index (χ1n) is 14.8. The molecule has 3 aliphatic rings. The smallest absolute Gasteiger partial charge is 0.246 e. The van der Waals surface area contributed by atoms with Crippen molar-refractivity contribution in [2.45, 2.75) is 110 Å². The number of aliphatic hydroxyl groups is 1. The summed E-state index contributed by atoms with van der Waals surface area (Å²) < 4.78 is 6.85. The molecule has 1 spiro atoms. The molecular weight excluding hydrogens is 506 g/mol. The molecule has 1 aromatic rings. The van der Waals surface area contributed by atoms with E-state index < -0.39 is 40.7 Å². The largest absolute Gasteiger partial charge is 0.394 e. The van der Waals surface area contributed by atoms with Crippen LogP contribution in [0.25, 0.3) is 0 Å². The zero-order valence-electron chi connectivity index (χ0n) is 25.7. The van der Waals surface area contributed by atoms with Crippen LogP contribution in [0, 0.1) is 29.1 Å². The lowest BCUT2D eigenvalue weighted by atomic mass is 9.62. The van der Waals surface area contributed by atoms with Gasteiger partial charge in [0.1, 0.15) is 11.6 Å². The molecule has 2 bridgehead atoms. The Morgan fingerprint density at radius 1 is 1.15 bits per heavy atom. The summed E-state index contributed by atoms with van der Waals surface area (Å²) in [7, 11) is 0. The van der Waals surface area contributed by atoms with E-state index in [4.69, 9.17) is 4.74 Å². The molecule has 8 heteroatoms. The number of nitrogens with zero attached hydrogens (tertiary/aromatic N) is 1. The molecule has 3 amide bonds. The highest BCUT2D eigenvalue weighted by Crippen LogP contribution is 2.65. The highest BCUT2D eigenvalue weighted by molar-refractivity contribution is 6.02. The zero-order chi connectivity index (χ0) is 29.8. The minimum absolute atomic E-state index is 0.0297. The van der Waals surface area contributed by atoms with Gasteiger partial charge in [0.25, 0.3) is 0 Å². The number of ether oxygens (including phenoxy) is 1. The van der Waals surface area contributed by atoms with E-state index in [0.29, 0.717) is 12.1 Å². The first-order chi connectivity index (χ1) is 18.5. The number of likely N-dealkylation sites (tertiary alicyclic amines) is 1. The van der Waals surface area contributed by atoms with Crippen LogP contribution in [0.3, 0.4) is 0 Å². The minimum Gasteiger partial charge on any atom is -0.394 e. The monoisotopic (exact) mass is 555 g/mol. The van der Waals surface area contributed by atoms with Crippen LogP contribution < -0.4 is 10.6 Å². The van der Waals surface area contributed by atoms with Gasteiger partial charge in [-0.3, -0.25) is 14.4 Å². The van der Waals surface area contributed by atoms with E-state index in [-0.39, 0.29) is 41.6 Å². The van der Waals surface area contributed by atoms with Crippen molar-refractivity contribution < 1.29 is 24.2 Å². The van der Waals surface area contributed by atoms with Crippen LogP contribution in [0.5, 0.6) is 0 Å². The van der Waals surface area contributed by atoms with E-state index in [1.807, 2.05) is 71.9 Å². The lowest BCUT2D eigenvalue weighted by Crippen LogP contribution is -2.62. The van der Waals surface area contributed by atoms with Crippen molar-refractivity contribution >= 4 is 23.4 Å². The molecule has 0 aromatic heterocycles. The fourth-order valence-electron chi connectivity index (χ4n) is 8.06. The molecule has 3 aliphatic heterocycles. The minimum atomic E-state index is -1.16. The third-order valence-corrected chi connectivity index (χ3v) is 9.60. The molecule has 1 aromatic carbocycles. The number of carbonyl (C=O) groups excluding carboxylic acids is 3. The first-order valence-corrected chi connectivity index (χ1v) is 14.8. The molecule has 8 atom stereocenters. The molecular formula is C32H49N3O5. The predicted molar refractivity (Wildman–Crippen MR) is 155 cm³/mol. The fraction of sp³-hybridized carbons (Fsp3) is 0.719. The highest BCUT2D eigenvalue weighted by atomic mass is 16.5. The summed E-state index contributed by atoms with van der Waals surface area (Å²) in [6.45, 7) is 18.1. The van der Waals surface area contributed by atoms with Gasteiger partial charge in [0.05, 0.1) is 30.1 Å². The molecule has 3 unspecified atom stereocenters. The van der Waals surface area contributed by atoms with Gasteiger partial charge in [-0.1, -0.05) is 66.2 Å². The maximum Gasteiger partial charge on any atom is 0.246 e. The van der Waals surface area contributed by atoms with E-state index in [1.165, 1.54) is 0 Å². The molecule has 3 saturated heterocycles. The van der Waals surface area contributed by atoms with Crippen LogP contribution in [0.15, 0.2) is 30.3 Å². The van der Waals surface area contributed by atoms with Crippen molar-refractivity contribution in [3.8, 4) is 0 Å². The van der Waals surface area contributed by atoms with E-state index in [1.54, 1.807) is 4.90 Å². The summed E-state index contributed by atoms with van der Waals surface area (Å²) in [4.78, 5) is 44.4. The Kier molecular flexibility index (Phi) is 7.95. The lowest BCUT2D eigenvalue weighted by molar-refractivity contribution is -0.152. The molecule has 8 nitrogen and oxygen atoms in total. The third-order valence-electron chi connectivity index (χ3n) is 9.60. The van der Waals surface area contributed by atoms with Crippen molar-refractivity contribution in [3.63, 3.8) is 0 Å². The van der Waals surface area contributed by atoms with Gasteiger partial charge in [-0.05, 0) is 63.0 Å². The number of nitrogens with one attached hydrogen (secondary N) is 2. The van der Waals surface area contributed by atoms with Gasteiger partial charge < -0.3 is 25.4 Å². The van der Waals surface area contributed by atoms with E-state index >= 15 is 0 Å². The van der Waals surface area contributed by atoms with E-state index in [0.717, 1.165) is 12.8 Å². The number of benzene rings is 1. The molecule has 40 heavy (non-hydrogen) atoms. The fourth-order valence-corrected chi connectivity index (χ4v) is 8.06. The number of hydrogen-bond donors (Lipinski definition) is 3. The summed E-state index contributed by atoms with van der Waals surface area (Å²) in [6.07, 6.45) is 1.94. The highest BCUT2D eigenvalue weighted by Gasteiger charge is 2.80. The number of rotatable bonds is 9. The van der Waals surface area contributed by atoms with Crippen molar-refractivity contribution in [1.29, 1.82) is 0 Å². The second kappa shape index (κ2) is 10.4. The Bertz CT molecular complexity index is 1130. The van der Waals surface area contributed by atoms with Gasteiger partial charge in [-0.2, -0.15) is 0 Å². The maximum absolute atomic E-state index is 14.5. The second-order valence-corrected chi connectivity index (χ2v) is 14.6. The Morgan fingerprint density at radius 3 is 2.33 bits per heavy atom. The number of hydrogen-bond acceptors (Lipinski definition) is 5. The van der Waals surface area contributed by atoms with Crippen LogP contribution in [-0.2, 0) is 19.1 Å². The normalized spacial score (nSPS) is 33.0. The molecule has 0 saturated carbocycles. The van der Waals surface area contributed by atoms with E-state index in [2.05, 4.69) is 31.4 Å². The Morgan fingerprint density at radius 2 is 1.77 bits per heavy atom. The van der Waals surface area contributed by atoms with Crippen LogP contribution in [0.1, 0.15) is 81.6 Å². The van der Waals surface area contributed by atoms with Crippen molar-refractivity contribution in [2.24, 2.45) is 29.1 Å². The van der Waals surface area contributed by atoms with Crippen molar-refractivity contribution in [3.05, 3.63) is 30.3 Å². The number of anilines is 1. The Hall–Kier alpha value is -2.45. The van der Waals surface area contributed by atoms with Gasteiger partial charge in [0.2, 0.25) is 17.7 Å². The summed E-state index contributed by atoms with van der Waals surface area (Å²) in [6, 6.07) is 7.68. The number of carbonyl (C=O) groups is 3. The van der Waals surface area contributed by atoms with Crippen LogP contribution in [0.4, 0.5) is 5.69 Å². The second-order valence-electron chi connectivity index (χ2n) is 14.6. The van der Waals surface area contributed by atoms with Crippen LogP contribution in [0.2, 0.25) is 0 Å². The molecule has 3 heterocycles.